The molecule has 0 saturated carbocycles. The Morgan fingerprint density at radius 3 is 2.44 bits per heavy atom. The van der Waals surface area contributed by atoms with Crippen molar-refractivity contribution in [3.63, 3.8) is 0 Å². The fraction of sp³-hybridized carbons (Fsp3) is 0.158. The summed E-state index contributed by atoms with van der Waals surface area (Å²) in [7, 11) is -3.76. The zero-order valence-electron chi connectivity index (χ0n) is 14.9. The lowest BCUT2D eigenvalue weighted by Crippen LogP contribution is -2.19. The van der Waals surface area contributed by atoms with Gasteiger partial charge in [0.15, 0.2) is 0 Å². The Kier molecular flexibility index (Phi) is 4.19. The molecule has 27 heavy (non-hydrogen) atoms. The number of hydrogen-bond donors (Lipinski definition) is 2. The van der Waals surface area contributed by atoms with Crippen molar-refractivity contribution in [2.45, 2.75) is 24.8 Å². The highest BCUT2D eigenvalue weighted by atomic mass is 32.2. The van der Waals surface area contributed by atoms with Crippen LogP contribution in [0.4, 0.5) is 11.9 Å². The predicted octanol–water partition coefficient (Wildman–Crippen LogP) is 3.31. The number of nitrogens with zero attached hydrogens (tertiary/aromatic N) is 3. The van der Waals surface area contributed by atoms with Gasteiger partial charge in [-0.15, -0.1) is 5.10 Å². The molecule has 0 saturated heterocycles. The molecule has 4 rings (SSSR count). The molecule has 1 atom stereocenters. The molecular weight excluding hydrogens is 362 g/mol. The lowest BCUT2D eigenvalue weighted by atomic mass is 10.1. The van der Waals surface area contributed by atoms with Gasteiger partial charge in [-0.25, -0.2) is 17.8 Å². The maximum atomic E-state index is 12.6. The minimum Gasteiger partial charge on any atom is -0.329 e. The van der Waals surface area contributed by atoms with Crippen molar-refractivity contribution in [2.24, 2.45) is 0 Å². The second-order valence-electron chi connectivity index (χ2n) is 6.45. The molecule has 2 heterocycles. The van der Waals surface area contributed by atoms with E-state index in [1.807, 2.05) is 50.3 Å². The third-order valence-corrected chi connectivity index (χ3v) is 5.65. The van der Waals surface area contributed by atoms with Crippen LogP contribution in [0.3, 0.4) is 0 Å². The zero-order chi connectivity index (χ0) is 19.0. The number of nitrogens with one attached hydrogen (secondary N) is 2. The van der Waals surface area contributed by atoms with Crippen molar-refractivity contribution < 1.29 is 8.42 Å². The molecule has 7 nitrogen and oxygen atoms in total. The van der Waals surface area contributed by atoms with Crippen LogP contribution in [-0.4, -0.2) is 23.2 Å². The summed E-state index contributed by atoms with van der Waals surface area (Å²) in [5, 5.41) is 7.51. The van der Waals surface area contributed by atoms with Crippen LogP contribution in [0.2, 0.25) is 0 Å². The van der Waals surface area contributed by atoms with Gasteiger partial charge in [-0.3, -0.25) is 0 Å². The van der Waals surface area contributed by atoms with Crippen LogP contribution in [0, 0.1) is 6.92 Å². The van der Waals surface area contributed by atoms with Crippen LogP contribution in [0.15, 0.2) is 71.3 Å². The minimum absolute atomic E-state index is 0.0297. The number of aromatic nitrogens is 3. The first-order valence-electron chi connectivity index (χ1n) is 8.49. The molecule has 0 unspecified atom stereocenters. The lowest BCUT2D eigenvalue weighted by Gasteiger charge is -2.22. The molecule has 0 bridgehead atoms. The van der Waals surface area contributed by atoms with Crippen LogP contribution >= 0.6 is 0 Å². The van der Waals surface area contributed by atoms with E-state index in [2.05, 4.69) is 20.1 Å². The zero-order valence-corrected chi connectivity index (χ0v) is 15.7. The normalized spacial score (nSPS) is 16.2. The van der Waals surface area contributed by atoms with E-state index in [9.17, 15) is 8.42 Å². The molecule has 8 heteroatoms. The summed E-state index contributed by atoms with van der Waals surface area (Å²) in [5.41, 5.74) is 2.95. The topological polar surface area (TPSA) is 88.9 Å². The highest BCUT2D eigenvalue weighted by molar-refractivity contribution is 7.92. The van der Waals surface area contributed by atoms with Gasteiger partial charge >= 0.3 is 0 Å². The highest BCUT2D eigenvalue weighted by Crippen LogP contribution is 2.29. The quantitative estimate of drug-likeness (QED) is 0.724. The molecule has 0 spiro atoms. The summed E-state index contributed by atoms with van der Waals surface area (Å²) in [6, 6.07) is 16.3. The number of rotatable bonds is 4. The highest BCUT2D eigenvalue weighted by Gasteiger charge is 2.25. The van der Waals surface area contributed by atoms with E-state index in [0.717, 1.165) is 16.8 Å². The van der Waals surface area contributed by atoms with Gasteiger partial charge in [0.05, 0.1) is 4.90 Å². The second-order valence-corrected chi connectivity index (χ2v) is 8.13. The van der Waals surface area contributed by atoms with E-state index in [1.54, 1.807) is 28.9 Å². The van der Waals surface area contributed by atoms with E-state index in [-0.39, 0.29) is 16.9 Å². The maximum Gasteiger partial charge on any atom is 0.264 e. The predicted molar refractivity (Wildman–Crippen MR) is 104 cm³/mol. The maximum absolute atomic E-state index is 12.6. The van der Waals surface area contributed by atoms with Crippen molar-refractivity contribution in [3.8, 4) is 0 Å². The molecule has 0 fully saturated rings. The van der Waals surface area contributed by atoms with Crippen molar-refractivity contribution >= 4 is 21.9 Å². The number of fused-ring (bicyclic) bond motifs is 1. The molecule has 2 aromatic carbocycles. The Bertz CT molecular complexity index is 1100. The molecule has 138 valence electrons. The van der Waals surface area contributed by atoms with E-state index in [1.165, 1.54) is 0 Å². The van der Waals surface area contributed by atoms with Crippen molar-refractivity contribution in [2.75, 3.05) is 10.0 Å². The van der Waals surface area contributed by atoms with Gasteiger partial charge in [-0.05, 0) is 37.6 Å². The lowest BCUT2D eigenvalue weighted by molar-refractivity contribution is 0.597. The first-order valence-corrected chi connectivity index (χ1v) is 9.97. The molecule has 1 aliphatic heterocycles. The van der Waals surface area contributed by atoms with Gasteiger partial charge in [0.25, 0.3) is 16.0 Å². The van der Waals surface area contributed by atoms with Crippen molar-refractivity contribution in [1.82, 2.24) is 14.8 Å². The monoisotopic (exact) mass is 381 g/mol. The van der Waals surface area contributed by atoms with Crippen LogP contribution in [-0.2, 0) is 10.0 Å². The Balaban J connectivity index is 1.67. The van der Waals surface area contributed by atoms with Crippen molar-refractivity contribution in [1.29, 1.82) is 0 Å². The smallest absolute Gasteiger partial charge is 0.264 e. The summed E-state index contributed by atoms with van der Waals surface area (Å²) in [6.07, 6.45) is 2.02. The molecule has 1 aliphatic rings. The Labute approximate surface area is 157 Å². The van der Waals surface area contributed by atoms with Crippen LogP contribution in [0.25, 0.3) is 0 Å². The third kappa shape index (κ3) is 3.43. The number of anilines is 2. The van der Waals surface area contributed by atoms with Gasteiger partial charge in [0, 0.05) is 5.70 Å². The minimum atomic E-state index is -3.76. The van der Waals surface area contributed by atoms with Crippen LogP contribution < -0.4 is 10.0 Å². The number of aryl methyl sites for hydroxylation is 1. The average molecular weight is 381 g/mol. The van der Waals surface area contributed by atoms with Crippen LogP contribution in [0.5, 0.6) is 0 Å². The molecule has 0 amide bonds. The molecule has 3 aromatic rings. The standard InChI is InChI=1S/C19H19N5O2S/c1-13-8-10-16(11-9-13)27(25,26)23-18-21-19-20-14(2)12-17(24(19)22-18)15-6-4-3-5-7-15/h3-12,17H,1-2H3,(H2,20,21,22,23)/t17-/m0/s1. The second kappa shape index (κ2) is 6.55. The van der Waals surface area contributed by atoms with E-state index < -0.39 is 10.0 Å². The van der Waals surface area contributed by atoms with Gasteiger partial charge in [0.2, 0.25) is 5.95 Å². The van der Waals surface area contributed by atoms with Crippen LogP contribution in [0.1, 0.15) is 24.1 Å². The fourth-order valence-electron chi connectivity index (χ4n) is 2.96. The van der Waals surface area contributed by atoms with E-state index >= 15 is 0 Å². The Morgan fingerprint density at radius 2 is 1.74 bits per heavy atom. The van der Waals surface area contributed by atoms with E-state index in [0.29, 0.717) is 5.95 Å². The summed E-state index contributed by atoms with van der Waals surface area (Å²) < 4.78 is 29.4. The van der Waals surface area contributed by atoms with Crippen molar-refractivity contribution in [3.05, 3.63) is 77.5 Å². The van der Waals surface area contributed by atoms with Gasteiger partial charge in [-0.1, -0.05) is 48.0 Å². The molecular formula is C19H19N5O2S. The first-order chi connectivity index (χ1) is 12.9. The summed E-state index contributed by atoms with van der Waals surface area (Å²) in [5.74, 6) is 0.521. The van der Waals surface area contributed by atoms with Gasteiger partial charge < -0.3 is 5.32 Å². The first kappa shape index (κ1) is 17.3. The largest absolute Gasteiger partial charge is 0.329 e. The summed E-state index contributed by atoms with van der Waals surface area (Å²) in [6.45, 7) is 3.84. The van der Waals surface area contributed by atoms with Gasteiger partial charge in [0.1, 0.15) is 6.04 Å². The number of benzene rings is 2. The molecule has 2 N–H and O–H groups in total. The number of hydrogen-bond acceptors (Lipinski definition) is 5. The summed E-state index contributed by atoms with van der Waals surface area (Å²) in [4.78, 5) is 4.48. The molecule has 0 aliphatic carbocycles. The molecule has 0 radical (unpaired) electrons. The fourth-order valence-corrected chi connectivity index (χ4v) is 3.89. The third-order valence-electron chi connectivity index (χ3n) is 4.31. The Hall–Kier alpha value is -3.13. The summed E-state index contributed by atoms with van der Waals surface area (Å²) >= 11 is 0. The number of allylic oxidation sites excluding steroid dienone is 2. The SMILES string of the molecule is CC1=C[C@@H](c2ccccc2)n2nc(NS(=O)(=O)c3ccc(C)cc3)nc2N1. The van der Waals surface area contributed by atoms with E-state index in [4.69, 9.17) is 0 Å². The average Bonchev–Trinajstić information content (AvgIpc) is 3.03. The van der Waals surface area contributed by atoms with Gasteiger partial charge in [-0.2, -0.15) is 4.98 Å². The number of sulfonamides is 1. The molecule has 1 aromatic heterocycles. The Morgan fingerprint density at radius 1 is 1.04 bits per heavy atom.